The summed E-state index contributed by atoms with van der Waals surface area (Å²) in [5, 5.41) is 14.1. The van der Waals surface area contributed by atoms with Crippen LogP contribution in [0.3, 0.4) is 0 Å². The highest BCUT2D eigenvalue weighted by Crippen LogP contribution is 2.29. The average molecular weight is 347 g/mol. The van der Waals surface area contributed by atoms with Crippen LogP contribution in [0.25, 0.3) is 0 Å². The summed E-state index contributed by atoms with van der Waals surface area (Å²) >= 11 is 15.4. The molecular formula is C13H10BrCl2NO. The number of hydrogen-bond acceptors (Lipinski definition) is 2. The maximum atomic E-state index is 9.73. The van der Waals surface area contributed by atoms with Gasteiger partial charge in [0.15, 0.2) is 0 Å². The zero-order valence-electron chi connectivity index (χ0n) is 9.25. The average Bonchev–Trinajstić information content (AvgIpc) is 2.33. The van der Waals surface area contributed by atoms with Crippen molar-refractivity contribution in [3.63, 3.8) is 0 Å². The van der Waals surface area contributed by atoms with Crippen LogP contribution in [0.4, 0.5) is 5.69 Å². The Morgan fingerprint density at radius 1 is 1.17 bits per heavy atom. The lowest BCUT2D eigenvalue weighted by molar-refractivity contribution is 0.469. The van der Waals surface area contributed by atoms with Gasteiger partial charge < -0.3 is 10.4 Å². The van der Waals surface area contributed by atoms with Crippen molar-refractivity contribution in [1.29, 1.82) is 0 Å². The van der Waals surface area contributed by atoms with Crippen LogP contribution in [-0.4, -0.2) is 5.11 Å². The van der Waals surface area contributed by atoms with Crippen molar-refractivity contribution in [3.8, 4) is 5.75 Å². The molecule has 0 radical (unpaired) electrons. The predicted octanol–water partition coefficient (Wildman–Crippen LogP) is 5.07. The third kappa shape index (κ3) is 3.10. The van der Waals surface area contributed by atoms with E-state index < -0.39 is 0 Å². The quantitative estimate of drug-likeness (QED) is 0.812. The van der Waals surface area contributed by atoms with Crippen molar-refractivity contribution in [1.82, 2.24) is 0 Å². The topological polar surface area (TPSA) is 32.3 Å². The molecule has 5 heteroatoms. The van der Waals surface area contributed by atoms with Gasteiger partial charge in [-0.15, -0.1) is 0 Å². The smallest absolute Gasteiger partial charge is 0.122 e. The molecule has 0 aliphatic carbocycles. The van der Waals surface area contributed by atoms with E-state index in [1.807, 2.05) is 6.07 Å². The highest BCUT2D eigenvalue weighted by molar-refractivity contribution is 9.10. The third-order valence-corrected chi connectivity index (χ3v) is 3.76. The SMILES string of the molecule is Oc1cccc(Cl)c1CNc1cc(Cl)ccc1Br. The zero-order valence-corrected chi connectivity index (χ0v) is 12.4. The molecule has 0 fully saturated rings. The summed E-state index contributed by atoms with van der Waals surface area (Å²) in [6, 6.07) is 10.5. The molecule has 0 spiro atoms. The molecule has 2 aromatic rings. The van der Waals surface area contributed by atoms with E-state index in [0.717, 1.165) is 10.2 Å². The summed E-state index contributed by atoms with van der Waals surface area (Å²) in [6.45, 7) is 0.421. The molecule has 0 aromatic heterocycles. The normalized spacial score (nSPS) is 10.4. The van der Waals surface area contributed by atoms with Crippen LogP contribution < -0.4 is 5.32 Å². The van der Waals surface area contributed by atoms with Gasteiger partial charge in [-0.05, 0) is 46.3 Å². The van der Waals surface area contributed by atoms with Gasteiger partial charge in [-0.1, -0.05) is 29.3 Å². The van der Waals surface area contributed by atoms with Crippen LogP contribution in [0.2, 0.25) is 10.0 Å². The standard InChI is InChI=1S/C13H10BrCl2NO/c14-10-5-4-8(15)6-12(10)17-7-9-11(16)2-1-3-13(9)18/h1-6,17-18H,7H2. The number of benzene rings is 2. The van der Waals surface area contributed by atoms with E-state index in [4.69, 9.17) is 23.2 Å². The second-order valence-corrected chi connectivity index (χ2v) is 5.41. The molecule has 2 rings (SSSR count). The highest BCUT2D eigenvalue weighted by Gasteiger charge is 2.07. The minimum Gasteiger partial charge on any atom is -0.508 e. The first-order valence-electron chi connectivity index (χ1n) is 5.23. The van der Waals surface area contributed by atoms with Crippen molar-refractivity contribution in [2.75, 3.05) is 5.32 Å². The van der Waals surface area contributed by atoms with Gasteiger partial charge in [0, 0.05) is 26.6 Å². The molecule has 0 amide bonds. The number of nitrogens with one attached hydrogen (secondary N) is 1. The minimum absolute atomic E-state index is 0.174. The molecule has 0 heterocycles. The summed E-state index contributed by atoms with van der Waals surface area (Å²) in [5.41, 5.74) is 1.51. The lowest BCUT2D eigenvalue weighted by Crippen LogP contribution is -2.01. The van der Waals surface area contributed by atoms with E-state index in [1.54, 1.807) is 30.3 Å². The second kappa shape index (κ2) is 5.83. The first-order chi connectivity index (χ1) is 8.58. The van der Waals surface area contributed by atoms with Crippen LogP contribution >= 0.6 is 39.1 Å². The molecule has 0 aliphatic heterocycles. The van der Waals surface area contributed by atoms with Crippen LogP contribution in [0.5, 0.6) is 5.75 Å². The molecule has 0 unspecified atom stereocenters. The first kappa shape index (κ1) is 13.5. The van der Waals surface area contributed by atoms with Crippen molar-refractivity contribution < 1.29 is 5.11 Å². The molecule has 2 nitrogen and oxygen atoms in total. The van der Waals surface area contributed by atoms with Crippen LogP contribution in [0.15, 0.2) is 40.9 Å². The molecule has 0 saturated carbocycles. The molecule has 94 valence electrons. The van der Waals surface area contributed by atoms with Gasteiger partial charge in [0.1, 0.15) is 5.75 Å². The Bertz CT molecular complexity index is 555. The van der Waals surface area contributed by atoms with Crippen molar-refractivity contribution in [2.45, 2.75) is 6.54 Å². The Morgan fingerprint density at radius 2 is 1.94 bits per heavy atom. The zero-order chi connectivity index (χ0) is 13.1. The summed E-state index contributed by atoms with van der Waals surface area (Å²) < 4.78 is 0.901. The first-order valence-corrected chi connectivity index (χ1v) is 6.78. The monoisotopic (exact) mass is 345 g/mol. The molecule has 0 aliphatic rings. The molecule has 0 saturated heterocycles. The van der Waals surface area contributed by atoms with E-state index in [0.29, 0.717) is 22.2 Å². The highest BCUT2D eigenvalue weighted by atomic mass is 79.9. The van der Waals surface area contributed by atoms with Gasteiger partial charge in [-0.3, -0.25) is 0 Å². The fourth-order valence-electron chi connectivity index (χ4n) is 1.54. The summed E-state index contributed by atoms with van der Waals surface area (Å²) in [6.07, 6.45) is 0. The maximum absolute atomic E-state index is 9.73. The number of rotatable bonds is 3. The number of phenols is 1. The fourth-order valence-corrected chi connectivity index (χ4v) is 2.33. The predicted molar refractivity (Wildman–Crippen MR) is 79.6 cm³/mol. The van der Waals surface area contributed by atoms with Gasteiger partial charge in [-0.25, -0.2) is 0 Å². The number of anilines is 1. The summed E-state index contributed by atoms with van der Waals surface area (Å²) in [7, 11) is 0. The van der Waals surface area contributed by atoms with E-state index in [9.17, 15) is 5.11 Å². The Hall–Kier alpha value is -0.900. The Morgan fingerprint density at radius 3 is 2.67 bits per heavy atom. The van der Waals surface area contributed by atoms with E-state index in [2.05, 4.69) is 21.2 Å². The Labute approximate surface area is 124 Å². The van der Waals surface area contributed by atoms with Crippen molar-refractivity contribution >= 4 is 44.8 Å². The van der Waals surface area contributed by atoms with Gasteiger partial charge in [0.2, 0.25) is 0 Å². The van der Waals surface area contributed by atoms with Crippen LogP contribution in [0, 0.1) is 0 Å². The molecule has 2 aromatic carbocycles. The molecule has 2 N–H and O–H groups in total. The lowest BCUT2D eigenvalue weighted by atomic mass is 10.2. The van der Waals surface area contributed by atoms with Crippen molar-refractivity contribution in [2.24, 2.45) is 0 Å². The largest absolute Gasteiger partial charge is 0.508 e. The number of halogens is 3. The van der Waals surface area contributed by atoms with Gasteiger partial charge in [-0.2, -0.15) is 0 Å². The van der Waals surface area contributed by atoms with E-state index in [1.165, 1.54) is 0 Å². The Kier molecular flexibility index (Phi) is 4.38. The molecule has 0 bridgehead atoms. The summed E-state index contributed by atoms with van der Waals surface area (Å²) in [5.74, 6) is 0.174. The van der Waals surface area contributed by atoms with Gasteiger partial charge in [0.25, 0.3) is 0 Å². The van der Waals surface area contributed by atoms with Crippen LogP contribution in [-0.2, 0) is 6.54 Å². The van der Waals surface area contributed by atoms with Gasteiger partial charge in [0.05, 0.1) is 5.69 Å². The fraction of sp³-hybridized carbons (Fsp3) is 0.0769. The number of aromatic hydroxyl groups is 1. The molecule has 18 heavy (non-hydrogen) atoms. The van der Waals surface area contributed by atoms with E-state index in [-0.39, 0.29) is 5.75 Å². The second-order valence-electron chi connectivity index (χ2n) is 3.72. The maximum Gasteiger partial charge on any atom is 0.122 e. The van der Waals surface area contributed by atoms with E-state index >= 15 is 0 Å². The lowest BCUT2D eigenvalue weighted by Gasteiger charge is -2.11. The molecular weight excluding hydrogens is 337 g/mol. The van der Waals surface area contributed by atoms with Crippen molar-refractivity contribution in [3.05, 3.63) is 56.5 Å². The minimum atomic E-state index is 0.174. The Balaban J connectivity index is 2.19. The number of hydrogen-bond donors (Lipinski definition) is 2. The number of phenolic OH excluding ortho intramolecular Hbond substituents is 1. The van der Waals surface area contributed by atoms with Crippen LogP contribution in [0.1, 0.15) is 5.56 Å². The molecule has 0 atom stereocenters. The van der Waals surface area contributed by atoms with Gasteiger partial charge >= 0.3 is 0 Å². The third-order valence-electron chi connectivity index (χ3n) is 2.48. The summed E-state index contributed by atoms with van der Waals surface area (Å²) in [4.78, 5) is 0.